The highest BCUT2D eigenvalue weighted by molar-refractivity contribution is 4.93. The Morgan fingerprint density at radius 2 is 1.21 bits per heavy atom. The quantitative estimate of drug-likeness (QED) is 0.378. The molecule has 0 nitrogen and oxygen atoms in total. The molecular weight excluding hydrogens is 288 g/mol. The van der Waals surface area contributed by atoms with E-state index in [1.165, 1.54) is 83.5 Å². The Morgan fingerprint density at radius 3 is 1.71 bits per heavy atom. The van der Waals surface area contributed by atoms with Gasteiger partial charge in [0.15, 0.2) is 0 Å². The zero-order valence-corrected chi connectivity index (χ0v) is 16.1. The van der Waals surface area contributed by atoms with E-state index in [1.807, 2.05) is 0 Å². The van der Waals surface area contributed by atoms with E-state index in [0.717, 1.165) is 23.7 Å². The lowest BCUT2D eigenvalue weighted by Crippen LogP contribution is -2.13. The van der Waals surface area contributed by atoms with E-state index in [-0.39, 0.29) is 0 Å². The van der Waals surface area contributed by atoms with Gasteiger partial charge in [0.25, 0.3) is 0 Å². The van der Waals surface area contributed by atoms with Crippen LogP contribution in [-0.4, -0.2) is 0 Å². The van der Waals surface area contributed by atoms with Gasteiger partial charge in [0.2, 0.25) is 0 Å². The minimum atomic E-state index is 0.875. The van der Waals surface area contributed by atoms with Crippen LogP contribution in [0.1, 0.15) is 90.4 Å². The van der Waals surface area contributed by atoms with Crippen molar-refractivity contribution in [1.29, 1.82) is 0 Å². The second kappa shape index (κ2) is 11.7. The number of hydrogen-bond acceptors (Lipinski definition) is 0. The van der Waals surface area contributed by atoms with Crippen LogP contribution in [0.5, 0.6) is 0 Å². The third-order valence-electron chi connectivity index (χ3n) is 6.36. The maximum atomic E-state index is 3.85. The first-order valence-electron chi connectivity index (χ1n) is 10.8. The van der Waals surface area contributed by atoms with Gasteiger partial charge >= 0.3 is 0 Å². The monoisotopic (exact) mass is 328 g/mol. The summed E-state index contributed by atoms with van der Waals surface area (Å²) in [6.07, 6.45) is 30.0. The van der Waals surface area contributed by atoms with Crippen molar-refractivity contribution in [2.75, 3.05) is 0 Å². The third-order valence-corrected chi connectivity index (χ3v) is 6.36. The van der Waals surface area contributed by atoms with Crippen LogP contribution in [0.25, 0.3) is 0 Å². The molecule has 0 heterocycles. The van der Waals surface area contributed by atoms with Gasteiger partial charge in [-0.25, -0.2) is 0 Å². The lowest BCUT2D eigenvalue weighted by Gasteiger charge is -2.27. The van der Waals surface area contributed by atoms with Crippen LogP contribution in [0.2, 0.25) is 0 Å². The van der Waals surface area contributed by atoms with Gasteiger partial charge in [0.1, 0.15) is 0 Å². The zero-order chi connectivity index (χ0) is 17.0. The van der Waals surface area contributed by atoms with E-state index >= 15 is 0 Å². The van der Waals surface area contributed by atoms with Crippen molar-refractivity contribution < 1.29 is 0 Å². The molecule has 0 heteroatoms. The van der Waals surface area contributed by atoms with E-state index in [9.17, 15) is 0 Å². The Kier molecular flexibility index (Phi) is 9.54. The van der Waals surface area contributed by atoms with Crippen LogP contribution < -0.4 is 0 Å². The molecule has 0 saturated heterocycles. The summed E-state index contributed by atoms with van der Waals surface area (Å²) in [6.45, 7) is 6.09. The molecule has 136 valence electrons. The number of hydrogen-bond donors (Lipinski definition) is 0. The molecule has 0 atom stereocenters. The minimum absolute atomic E-state index is 0.875. The Bertz CT molecular complexity index is 373. The predicted molar refractivity (Wildman–Crippen MR) is 108 cm³/mol. The molecule has 0 amide bonds. The Labute approximate surface area is 151 Å². The normalized spacial score (nSPS) is 31.7. The summed E-state index contributed by atoms with van der Waals surface area (Å²) in [6, 6.07) is 0. The van der Waals surface area contributed by atoms with Crippen molar-refractivity contribution in [2.24, 2.45) is 23.7 Å². The molecule has 0 radical (unpaired) electrons. The molecule has 2 saturated carbocycles. The van der Waals surface area contributed by atoms with Crippen molar-refractivity contribution in [3.63, 3.8) is 0 Å². The van der Waals surface area contributed by atoms with Crippen LogP contribution in [0, 0.1) is 23.7 Å². The number of rotatable bonds is 9. The smallest absolute Gasteiger partial charge is 0.0233 e. The first-order chi connectivity index (χ1) is 11.8. The predicted octanol–water partition coefficient (Wildman–Crippen LogP) is 7.87. The van der Waals surface area contributed by atoms with E-state index in [1.54, 1.807) is 0 Å². The topological polar surface area (TPSA) is 0 Å². The van der Waals surface area contributed by atoms with Crippen molar-refractivity contribution in [3.05, 3.63) is 37.0 Å². The van der Waals surface area contributed by atoms with E-state index < -0.39 is 0 Å². The molecule has 0 aromatic rings. The highest BCUT2D eigenvalue weighted by atomic mass is 14.3. The fourth-order valence-corrected chi connectivity index (χ4v) is 4.64. The van der Waals surface area contributed by atoms with Gasteiger partial charge in [-0.3, -0.25) is 0 Å². The molecule has 0 N–H and O–H groups in total. The molecule has 0 aliphatic heterocycles. The summed E-state index contributed by atoms with van der Waals surface area (Å²) in [5.41, 5.74) is 0. The molecule has 0 spiro atoms. The molecule has 0 bridgehead atoms. The molecule has 0 unspecified atom stereocenters. The minimum Gasteiger partial charge on any atom is -0.103 e. The highest BCUT2D eigenvalue weighted by Crippen LogP contribution is 2.34. The van der Waals surface area contributed by atoms with E-state index in [2.05, 4.69) is 43.9 Å². The summed E-state index contributed by atoms with van der Waals surface area (Å²) < 4.78 is 0. The van der Waals surface area contributed by atoms with Crippen molar-refractivity contribution in [3.8, 4) is 0 Å². The Balaban J connectivity index is 1.54. The maximum absolute atomic E-state index is 3.85. The third kappa shape index (κ3) is 7.41. The van der Waals surface area contributed by atoms with Crippen LogP contribution in [0.3, 0.4) is 0 Å². The van der Waals surface area contributed by atoms with Gasteiger partial charge in [0.05, 0.1) is 0 Å². The Hall–Kier alpha value is -0.780. The zero-order valence-electron chi connectivity index (χ0n) is 16.1. The number of allylic oxidation sites excluding steroid dienone is 5. The van der Waals surface area contributed by atoms with Crippen LogP contribution in [-0.2, 0) is 0 Å². The van der Waals surface area contributed by atoms with E-state index in [4.69, 9.17) is 0 Å². The van der Waals surface area contributed by atoms with E-state index in [0.29, 0.717) is 0 Å². The fraction of sp³-hybridized carbons (Fsp3) is 0.750. The Morgan fingerprint density at radius 1 is 0.708 bits per heavy atom. The van der Waals surface area contributed by atoms with Crippen molar-refractivity contribution >= 4 is 0 Å². The SMILES string of the molecule is C=CCCC1CCC(C=CCCC2CCC(C=CCC)CC2)CC1. The molecule has 2 fully saturated rings. The lowest BCUT2D eigenvalue weighted by molar-refractivity contribution is 0.293. The molecule has 0 aromatic heterocycles. The molecule has 2 aliphatic carbocycles. The van der Waals surface area contributed by atoms with Gasteiger partial charge in [-0.2, -0.15) is 0 Å². The average molecular weight is 329 g/mol. The average Bonchev–Trinajstić information content (AvgIpc) is 2.64. The lowest BCUT2D eigenvalue weighted by atomic mass is 9.79. The molecular formula is C24H40. The van der Waals surface area contributed by atoms with Gasteiger partial charge < -0.3 is 0 Å². The van der Waals surface area contributed by atoms with Gasteiger partial charge in [-0.05, 0) is 107 Å². The first kappa shape index (κ1) is 19.5. The summed E-state index contributed by atoms with van der Waals surface area (Å²) >= 11 is 0. The maximum Gasteiger partial charge on any atom is -0.0233 e. The van der Waals surface area contributed by atoms with Crippen LogP contribution in [0.4, 0.5) is 0 Å². The summed E-state index contributed by atoms with van der Waals surface area (Å²) in [7, 11) is 0. The highest BCUT2D eigenvalue weighted by Gasteiger charge is 2.20. The van der Waals surface area contributed by atoms with Crippen molar-refractivity contribution in [1.82, 2.24) is 0 Å². The largest absolute Gasteiger partial charge is 0.103 e. The van der Waals surface area contributed by atoms with Crippen molar-refractivity contribution in [2.45, 2.75) is 90.4 Å². The summed E-state index contributed by atoms with van der Waals surface area (Å²) in [4.78, 5) is 0. The molecule has 24 heavy (non-hydrogen) atoms. The van der Waals surface area contributed by atoms with Crippen LogP contribution in [0.15, 0.2) is 37.0 Å². The first-order valence-corrected chi connectivity index (χ1v) is 10.8. The van der Waals surface area contributed by atoms with Gasteiger partial charge in [-0.1, -0.05) is 37.3 Å². The van der Waals surface area contributed by atoms with Crippen LogP contribution >= 0.6 is 0 Å². The van der Waals surface area contributed by atoms with Gasteiger partial charge in [-0.15, -0.1) is 6.58 Å². The standard InChI is InChI=1S/C24H40/c1-3-5-9-21-13-17-23(18-14-21)11-7-8-12-24-19-15-22(16-20-24)10-6-4-2/h3,6-7,10-11,21-24H,1,4-5,8-9,12-20H2,2H3. The summed E-state index contributed by atoms with van der Waals surface area (Å²) in [5, 5.41) is 0. The summed E-state index contributed by atoms with van der Waals surface area (Å²) in [5.74, 6) is 3.73. The second-order valence-electron chi connectivity index (χ2n) is 8.27. The molecule has 0 aromatic carbocycles. The molecule has 2 aliphatic rings. The second-order valence-corrected chi connectivity index (χ2v) is 8.27. The fourth-order valence-electron chi connectivity index (χ4n) is 4.64. The molecule has 2 rings (SSSR count). The van der Waals surface area contributed by atoms with Gasteiger partial charge in [0, 0.05) is 0 Å².